The lowest BCUT2D eigenvalue weighted by Crippen LogP contribution is -1.90. The van der Waals surface area contributed by atoms with E-state index in [4.69, 9.17) is 0 Å². The highest BCUT2D eigenvalue weighted by molar-refractivity contribution is 7.14. The summed E-state index contributed by atoms with van der Waals surface area (Å²) in [6.07, 6.45) is 3.44. The van der Waals surface area contributed by atoms with Crippen LogP contribution in [0.25, 0.3) is 6.08 Å². The van der Waals surface area contributed by atoms with E-state index in [9.17, 15) is 13.6 Å². The summed E-state index contributed by atoms with van der Waals surface area (Å²) in [5.74, 6) is -1.28. The van der Waals surface area contributed by atoms with Crippen LogP contribution in [0.4, 0.5) is 8.78 Å². The molecule has 1 nitrogen and oxygen atoms in total. The van der Waals surface area contributed by atoms with Crippen LogP contribution in [-0.2, 0) is 6.42 Å². The van der Waals surface area contributed by atoms with Gasteiger partial charge in [0.05, 0.1) is 4.88 Å². The lowest BCUT2D eigenvalue weighted by Gasteiger charge is -1.96. The smallest absolute Gasteiger partial charge is 0.195 e. The SMILES string of the molecule is CCc1ccc(C(=O)C=Cc2cc(F)ccc2F)s1. The van der Waals surface area contributed by atoms with Crippen molar-refractivity contribution >= 4 is 23.2 Å². The van der Waals surface area contributed by atoms with Crippen molar-refractivity contribution in [1.82, 2.24) is 0 Å². The fourth-order valence-corrected chi connectivity index (χ4v) is 2.46. The summed E-state index contributed by atoms with van der Waals surface area (Å²) in [6.45, 7) is 2.01. The second-order valence-corrected chi connectivity index (χ2v) is 5.15. The molecule has 98 valence electrons. The number of carbonyl (C=O) groups excluding carboxylic acids is 1. The summed E-state index contributed by atoms with van der Waals surface area (Å²) in [5, 5.41) is 0. The summed E-state index contributed by atoms with van der Waals surface area (Å²) in [5.41, 5.74) is 0.0700. The van der Waals surface area contributed by atoms with Crippen LogP contribution in [0.15, 0.2) is 36.4 Å². The zero-order valence-electron chi connectivity index (χ0n) is 10.3. The van der Waals surface area contributed by atoms with Gasteiger partial charge in [0.1, 0.15) is 11.6 Å². The summed E-state index contributed by atoms with van der Waals surface area (Å²) in [6, 6.07) is 6.79. The predicted octanol–water partition coefficient (Wildman–Crippen LogP) is 4.48. The van der Waals surface area contributed by atoms with Gasteiger partial charge >= 0.3 is 0 Å². The maximum atomic E-state index is 13.4. The third kappa shape index (κ3) is 3.35. The van der Waals surface area contributed by atoms with Crippen LogP contribution in [0.3, 0.4) is 0 Å². The minimum atomic E-state index is -0.550. The molecule has 1 aromatic heterocycles. The highest BCUT2D eigenvalue weighted by Crippen LogP contribution is 2.18. The standard InChI is InChI=1S/C15H12F2OS/c1-2-12-5-8-15(19-12)14(18)7-3-10-9-11(16)4-6-13(10)17/h3-9H,2H2,1H3. The first-order valence-corrected chi connectivity index (χ1v) is 6.68. The van der Waals surface area contributed by atoms with E-state index in [-0.39, 0.29) is 11.3 Å². The largest absolute Gasteiger partial charge is 0.288 e. The molecule has 0 aliphatic heterocycles. The lowest BCUT2D eigenvalue weighted by atomic mass is 10.1. The number of ketones is 1. The molecule has 0 amide bonds. The molecule has 0 N–H and O–H groups in total. The van der Waals surface area contributed by atoms with Gasteiger partial charge in [-0.1, -0.05) is 6.92 Å². The van der Waals surface area contributed by atoms with E-state index < -0.39 is 11.6 Å². The number of thiophene rings is 1. The molecular formula is C15H12F2OS. The number of hydrogen-bond donors (Lipinski definition) is 0. The van der Waals surface area contributed by atoms with Crippen molar-refractivity contribution in [3.8, 4) is 0 Å². The van der Waals surface area contributed by atoms with Crippen molar-refractivity contribution in [2.24, 2.45) is 0 Å². The zero-order chi connectivity index (χ0) is 13.8. The van der Waals surface area contributed by atoms with E-state index in [1.54, 1.807) is 6.07 Å². The normalized spacial score (nSPS) is 11.1. The molecule has 0 bridgehead atoms. The van der Waals surface area contributed by atoms with Gasteiger partial charge in [0.2, 0.25) is 0 Å². The van der Waals surface area contributed by atoms with Gasteiger partial charge in [-0.3, -0.25) is 4.79 Å². The van der Waals surface area contributed by atoms with Crippen LogP contribution < -0.4 is 0 Å². The van der Waals surface area contributed by atoms with Crippen LogP contribution in [0, 0.1) is 11.6 Å². The minimum absolute atomic E-state index is 0.0700. The second kappa shape index (κ2) is 5.89. The van der Waals surface area contributed by atoms with Crippen LogP contribution in [-0.4, -0.2) is 5.78 Å². The van der Waals surface area contributed by atoms with Gasteiger partial charge < -0.3 is 0 Å². The van der Waals surface area contributed by atoms with Crippen LogP contribution in [0.2, 0.25) is 0 Å². The Kier molecular flexibility index (Phi) is 4.22. The van der Waals surface area contributed by atoms with Gasteiger partial charge in [-0.2, -0.15) is 0 Å². The zero-order valence-corrected chi connectivity index (χ0v) is 11.1. The van der Waals surface area contributed by atoms with E-state index in [2.05, 4.69) is 0 Å². The first-order valence-electron chi connectivity index (χ1n) is 5.86. The molecule has 0 spiro atoms. The molecule has 2 aromatic rings. The van der Waals surface area contributed by atoms with Crippen molar-refractivity contribution in [3.63, 3.8) is 0 Å². The monoisotopic (exact) mass is 278 g/mol. The Morgan fingerprint density at radius 2 is 2.05 bits per heavy atom. The average Bonchev–Trinajstić information content (AvgIpc) is 2.88. The fraction of sp³-hybridized carbons (Fsp3) is 0.133. The molecule has 0 fully saturated rings. The molecule has 1 heterocycles. The Balaban J connectivity index is 2.18. The molecule has 0 atom stereocenters. The Morgan fingerprint density at radius 1 is 1.26 bits per heavy atom. The maximum Gasteiger partial charge on any atom is 0.195 e. The predicted molar refractivity (Wildman–Crippen MR) is 73.4 cm³/mol. The molecule has 0 aliphatic rings. The Labute approximate surface area is 114 Å². The molecule has 2 rings (SSSR count). The first-order chi connectivity index (χ1) is 9.10. The third-order valence-corrected chi connectivity index (χ3v) is 3.87. The minimum Gasteiger partial charge on any atom is -0.288 e. The van der Waals surface area contributed by atoms with Crippen LogP contribution in [0.1, 0.15) is 27.0 Å². The number of halogens is 2. The van der Waals surface area contributed by atoms with E-state index in [1.807, 2.05) is 13.0 Å². The van der Waals surface area contributed by atoms with E-state index >= 15 is 0 Å². The van der Waals surface area contributed by atoms with Gasteiger partial charge in [0.15, 0.2) is 5.78 Å². The van der Waals surface area contributed by atoms with Crippen molar-refractivity contribution < 1.29 is 13.6 Å². The molecule has 19 heavy (non-hydrogen) atoms. The molecule has 0 unspecified atom stereocenters. The Bertz CT molecular complexity index is 629. The highest BCUT2D eigenvalue weighted by atomic mass is 32.1. The molecule has 0 saturated carbocycles. The Hall–Kier alpha value is -1.81. The first kappa shape index (κ1) is 13.6. The number of rotatable bonds is 4. The molecule has 0 radical (unpaired) electrons. The van der Waals surface area contributed by atoms with Gasteiger partial charge in [-0.05, 0) is 48.9 Å². The lowest BCUT2D eigenvalue weighted by molar-refractivity contribution is 0.105. The van der Waals surface area contributed by atoms with Crippen LogP contribution >= 0.6 is 11.3 Å². The molecule has 0 saturated heterocycles. The van der Waals surface area contributed by atoms with Crippen molar-refractivity contribution in [2.75, 3.05) is 0 Å². The van der Waals surface area contributed by atoms with Crippen molar-refractivity contribution in [1.29, 1.82) is 0 Å². The summed E-state index contributed by atoms with van der Waals surface area (Å²) >= 11 is 1.41. The molecule has 1 aromatic carbocycles. The number of aryl methyl sites for hydroxylation is 1. The maximum absolute atomic E-state index is 13.4. The summed E-state index contributed by atoms with van der Waals surface area (Å²) in [7, 11) is 0. The Morgan fingerprint density at radius 3 is 2.74 bits per heavy atom. The van der Waals surface area contributed by atoms with Crippen molar-refractivity contribution in [3.05, 3.63) is 63.4 Å². The highest BCUT2D eigenvalue weighted by Gasteiger charge is 2.06. The van der Waals surface area contributed by atoms with Gasteiger partial charge in [-0.25, -0.2) is 8.78 Å². The molecular weight excluding hydrogens is 266 g/mol. The van der Waals surface area contributed by atoms with E-state index in [0.29, 0.717) is 4.88 Å². The number of carbonyl (C=O) groups is 1. The number of allylic oxidation sites excluding steroid dienone is 1. The topological polar surface area (TPSA) is 17.1 Å². The van der Waals surface area contributed by atoms with Crippen molar-refractivity contribution in [2.45, 2.75) is 13.3 Å². The van der Waals surface area contributed by atoms with Gasteiger partial charge in [-0.15, -0.1) is 11.3 Å². The van der Waals surface area contributed by atoms with Crippen LogP contribution in [0.5, 0.6) is 0 Å². The van der Waals surface area contributed by atoms with E-state index in [0.717, 1.165) is 29.5 Å². The molecule has 0 aliphatic carbocycles. The average molecular weight is 278 g/mol. The third-order valence-electron chi connectivity index (χ3n) is 2.63. The molecule has 4 heteroatoms. The summed E-state index contributed by atoms with van der Waals surface area (Å²) < 4.78 is 26.3. The number of hydrogen-bond acceptors (Lipinski definition) is 2. The van der Waals surface area contributed by atoms with E-state index in [1.165, 1.54) is 23.5 Å². The number of benzene rings is 1. The second-order valence-electron chi connectivity index (χ2n) is 3.98. The fourth-order valence-electron chi connectivity index (χ4n) is 1.59. The summed E-state index contributed by atoms with van der Waals surface area (Å²) in [4.78, 5) is 13.6. The van der Waals surface area contributed by atoms with Gasteiger partial charge in [0, 0.05) is 10.4 Å². The quantitative estimate of drug-likeness (QED) is 0.595. The van der Waals surface area contributed by atoms with Gasteiger partial charge in [0.25, 0.3) is 0 Å².